The highest BCUT2D eigenvalue weighted by atomic mass is 32.2. The maximum atomic E-state index is 12.9. The summed E-state index contributed by atoms with van der Waals surface area (Å²) < 4.78 is 28.3. The van der Waals surface area contributed by atoms with Crippen LogP contribution in [-0.2, 0) is 10.0 Å². The van der Waals surface area contributed by atoms with Gasteiger partial charge in [0, 0.05) is 45.3 Å². The first-order valence-electron chi connectivity index (χ1n) is 9.47. The van der Waals surface area contributed by atoms with Crippen molar-refractivity contribution in [2.75, 3.05) is 42.3 Å². The second-order valence-electron chi connectivity index (χ2n) is 7.06. The second kappa shape index (κ2) is 9.11. The van der Waals surface area contributed by atoms with Gasteiger partial charge in [0.2, 0.25) is 0 Å². The molecule has 1 aromatic carbocycles. The zero-order valence-corrected chi connectivity index (χ0v) is 17.4. The largest absolute Gasteiger partial charge is 0.478 e. The van der Waals surface area contributed by atoms with Crippen LogP contribution in [0.3, 0.4) is 0 Å². The van der Waals surface area contributed by atoms with Crippen LogP contribution in [0, 0.1) is 18.3 Å². The van der Waals surface area contributed by atoms with Crippen molar-refractivity contribution in [3.8, 4) is 6.07 Å². The predicted octanol–water partition coefficient (Wildman–Crippen LogP) is 1.92. The number of carboxylic acids is 1. The van der Waals surface area contributed by atoms with Gasteiger partial charge < -0.3 is 10.0 Å². The van der Waals surface area contributed by atoms with Gasteiger partial charge >= 0.3 is 5.97 Å². The first-order chi connectivity index (χ1) is 14.3. The fraction of sp³-hybridized carbons (Fsp3) is 0.350. The fourth-order valence-electron chi connectivity index (χ4n) is 3.28. The van der Waals surface area contributed by atoms with Crippen molar-refractivity contribution in [1.29, 1.82) is 5.26 Å². The first-order valence-corrected chi connectivity index (χ1v) is 11.0. The smallest absolute Gasteiger partial charge is 0.337 e. The van der Waals surface area contributed by atoms with E-state index in [4.69, 9.17) is 5.26 Å². The number of anilines is 2. The number of piperazine rings is 1. The quantitative estimate of drug-likeness (QED) is 0.684. The number of benzene rings is 1. The number of carbonyl (C=O) groups is 1. The molecule has 0 radical (unpaired) electrons. The normalized spacial score (nSPS) is 14.9. The standard InChI is InChI=1S/C20H23N5O4S/c1-15-4-2-5-17(12-15)30(28,29)23-18-13-16(20(26)27)14-22-19(18)25-10-8-24(9-11-25)7-3-6-21/h2,4-5,12-14,23H,3,7-11H2,1H3,(H,26,27). The van der Waals surface area contributed by atoms with E-state index in [-0.39, 0.29) is 16.1 Å². The monoisotopic (exact) mass is 429 g/mol. The zero-order chi connectivity index (χ0) is 21.7. The number of nitrogens with one attached hydrogen (secondary N) is 1. The number of aryl methyl sites for hydroxylation is 1. The molecule has 0 amide bonds. The summed E-state index contributed by atoms with van der Waals surface area (Å²) in [6.07, 6.45) is 1.68. The molecule has 0 bridgehead atoms. The van der Waals surface area contributed by atoms with E-state index in [0.717, 1.165) is 5.56 Å². The Morgan fingerprint density at radius 1 is 1.27 bits per heavy atom. The molecule has 30 heavy (non-hydrogen) atoms. The Bertz CT molecular complexity index is 1070. The summed E-state index contributed by atoms with van der Waals surface area (Å²) in [5, 5.41) is 18.1. The van der Waals surface area contributed by atoms with E-state index < -0.39 is 16.0 Å². The average molecular weight is 430 g/mol. The molecule has 3 rings (SSSR count). The van der Waals surface area contributed by atoms with Crippen LogP contribution in [0.4, 0.5) is 11.5 Å². The number of nitriles is 1. The summed E-state index contributed by atoms with van der Waals surface area (Å²) in [6, 6.07) is 9.90. The van der Waals surface area contributed by atoms with Crippen molar-refractivity contribution < 1.29 is 18.3 Å². The van der Waals surface area contributed by atoms with Crippen LogP contribution in [-0.4, -0.2) is 62.1 Å². The summed E-state index contributed by atoms with van der Waals surface area (Å²) in [7, 11) is -3.92. The van der Waals surface area contributed by atoms with Crippen LogP contribution >= 0.6 is 0 Å². The number of nitrogens with zero attached hydrogens (tertiary/aromatic N) is 4. The van der Waals surface area contributed by atoms with Gasteiger partial charge in [0.1, 0.15) is 0 Å². The van der Waals surface area contributed by atoms with Gasteiger partial charge in [0.15, 0.2) is 5.82 Å². The van der Waals surface area contributed by atoms with Crippen molar-refractivity contribution in [3.05, 3.63) is 47.7 Å². The Hall–Kier alpha value is -3.16. The molecule has 1 fully saturated rings. The Kier molecular flexibility index (Phi) is 6.54. The molecular formula is C20H23N5O4S. The van der Waals surface area contributed by atoms with E-state index in [9.17, 15) is 18.3 Å². The molecule has 9 nitrogen and oxygen atoms in total. The van der Waals surface area contributed by atoms with Gasteiger partial charge in [-0.3, -0.25) is 9.62 Å². The molecule has 10 heteroatoms. The molecule has 0 atom stereocenters. The predicted molar refractivity (Wildman–Crippen MR) is 112 cm³/mol. The van der Waals surface area contributed by atoms with Crippen LogP contribution < -0.4 is 9.62 Å². The Morgan fingerprint density at radius 2 is 2.00 bits per heavy atom. The summed E-state index contributed by atoms with van der Waals surface area (Å²) in [5.74, 6) is -0.803. The highest BCUT2D eigenvalue weighted by molar-refractivity contribution is 7.92. The molecule has 1 aliphatic heterocycles. The molecule has 0 unspecified atom stereocenters. The molecular weight excluding hydrogens is 406 g/mol. The Balaban J connectivity index is 1.88. The highest BCUT2D eigenvalue weighted by Gasteiger charge is 2.24. The lowest BCUT2D eigenvalue weighted by molar-refractivity contribution is 0.0696. The van der Waals surface area contributed by atoms with Crippen LogP contribution in [0.1, 0.15) is 22.3 Å². The fourth-order valence-corrected chi connectivity index (χ4v) is 4.44. The molecule has 2 aromatic rings. The van der Waals surface area contributed by atoms with Gasteiger partial charge in [-0.2, -0.15) is 5.26 Å². The molecule has 1 aromatic heterocycles. The lowest BCUT2D eigenvalue weighted by Crippen LogP contribution is -2.47. The van der Waals surface area contributed by atoms with Gasteiger partial charge in [0.25, 0.3) is 10.0 Å². The van der Waals surface area contributed by atoms with Crippen molar-refractivity contribution >= 4 is 27.5 Å². The minimum atomic E-state index is -3.92. The molecule has 0 spiro atoms. The van der Waals surface area contributed by atoms with Crippen LogP contribution in [0.25, 0.3) is 0 Å². The molecule has 0 saturated carbocycles. The molecule has 1 saturated heterocycles. The van der Waals surface area contributed by atoms with Gasteiger partial charge in [-0.1, -0.05) is 12.1 Å². The SMILES string of the molecule is Cc1cccc(S(=O)(=O)Nc2cc(C(=O)O)cnc2N2CCN(CCC#N)CC2)c1. The van der Waals surface area contributed by atoms with E-state index in [1.54, 1.807) is 25.1 Å². The molecule has 0 aliphatic carbocycles. The summed E-state index contributed by atoms with van der Waals surface area (Å²) in [4.78, 5) is 19.8. The van der Waals surface area contributed by atoms with E-state index in [1.807, 2.05) is 4.90 Å². The molecule has 1 aliphatic rings. The van der Waals surface area contributed by atoms with Crippen molar-refractivity contribution in [2.24, 2.45) is 0 Å². The number of sulfonamides is 1. The lowest BCUT2D eigenvalue weighted by atomic mass is 10.2. The minimum Gasteiger partial charge on any atom is -0.478 e. The highest BCUT2D eigenvalue weighted by Crippen LogP contribution is 2.28. The Labute approximate surface area is 175 Å². The van der Waals surface area contributed by atoms with Crippen LogP contribution in [0.5, 0.6) is 0 Å². The topological polar surface area (TPSA) is 127 Å². The number of rotatable bonds is 7. The maximum Gasteiger partial charge on any atom is 0.337 e. The van der Waals surface area contributed by atoms with Gasteiger partial charge in [0.05, 0.1) is 22.2 Å². The number of hydrogen-bond acceptors (Lipinski definition) is 7. The van der Waals surface area contributed by atoms with E-state index in [0.29, 0.717) is 45.0 Å². The van der Waals surface area contributed by atoms with Gasteiger partial charge in [-0.15, -0.1) is 0 Å². The molecule has 2 N–H and O–H groups in total. The maximum absolute atomic E-state index is 12.9. The summed E-state index contributed by atoms with van der Waals surface area (Å²) >= 11 is 0. The van der Waals surface area contributed by atoms with Gasteiger partial charge in [-0.05, 0) is 30.7 Å². The summed E-state index contributed by atoms with van der Waals surface area (Å²) in [6.45, 7) is 5.06. The number of aromatic nitrogens is 1. The van der Waals surface area contributed by atoms with E-state index >= 15 is 0 Å². The number of carboxylic acid groups (broad SMARTS) is 1. The van der Waals surface area contributed by atoms with Crippen molar-refractivity contribution in [2.45, 2.75) is 18.2 Å². The summed E-state index contributed by atoms with van der Waals surface area (Å²) in [5.41, 5.74) is 0.819. The van der Waals surface area contributed by atoms with Crippen LogP contribution in [0.2, 0.25) is 0 Å². The van der Waals surface area contributed by atoms with E-state index in [2.05, 4.69) is 20.7 Å². The van der Waals surface area contributed by atoms with Crippen molar-refractivity contribution in [1.82, 2.24) is 9.88 Å². The second-order valence-corrected chi connectivity index (χ2v) is 8.74. The first kappa shape index (κ1) is 21.5. The van der Waals surface area contributed by atoms with Crippen LogP contribution in [0.15, 0.2) is 41.4 Å². The van der Waals surface area contributed by atoms with Crippen molar-refractivity contribution in [3.63, 3.8) is 0 Å². The Morgan fingerprint density at radius 3 is 2.63 bits per heavy atom. The van der Waals surface area contributed by atoms with E-state index in [1.165, 1.54) is 18.3 Å². The number of aromatic carboxylic acids is 1. The lowest BCUT2D eigenvalue weighted by Gasteiger charge is -2.35. The number of pyridine rings is 1. The zero-order valence-electron chi connectivity index (χ0n) is 16.6. The number of hydrogen-bond donors (Lipinski definition) is 2. The molecule has 2 heterocycles. The third-order valence-corrected chi connectivity index (χ3v) is 6.23. The third kappa shape index (κ3) is 5.06. The third-order valence-electron chi connectivity index (χ3n) is 4.87. The minimum absolute atomic E-state index is 0.0931. The van der Waals surface area contributed by atoms with Gasteiger partial charge in [-0.25, -0.2) is 18.2 Å². The average Bonchev–Trinajstić information content (AvgIpc) is 2.72. The molecule has 158 valence electrons.